The van der Waals surface area contributed by atoms with E-state index in [1.54, 1.807) is 24.6 Å². The maximum atomic E-state index is 12.3. The van der Waals surface area contributed by atoms with Gasteiger partial charge in [-0.2, -0.15) is 0 Å². The number of nitrogens with zero attached hydrogens (tertiary/aromatic N) is 3. The molecule has 0 radical (unpaired) electrons. The molecular formula is C17H29N3O3S2. The molecule has 0 aromatic carbocycles. The Kier molecular flexibility index (Phi) is 7.42. The molecule has 0 unspecified atom stereocenters. The van der Waals surface area contributed by atoms with Gasteiger partial charge in [0.05, 0.1) is 0 Å². The summed E-state index contributed by atoms with van der Waals surface area (Å²) in [6.45, 7) is 9.25. The number of thiophene rings is 1. The normalized spacial score (nSPS) is 16.8. The number of sulfonamides is 1. The topological polar surface area (TPSA) is 60.9 Å². The van der Waals surface area contributed by atoms with Crippen molar-refractivity contribution in [1.29, 1.82) is 0 Å². The lowest BCUT2D eigenvalue weighted by Gasteiger charge is -2.35. The molecule has 0 aliphatic carbocycles. The molecule has 6 nitrogen and oxygen atoms in total. The third-order valence-corrected chi connectivity index (χ3v) is 7.60. The van der Waals surface area contributed by atoms with Crippen LogP contribution in [-0.4, -0.2) is 74.7 Å². The lowest BCUT2D eigenvalue weighted by Crippen LogP contribution is -2.49. The highest BCUT2D eigenvalue weighted by atomic mass is 32.2. The molecule has 142 valence electrons. The van der Waals surface area contributed by atoms with Gasteiger partial charge in [-0.1, -0.05) is 19.9 Å². The van der Waals surface area contributed by atoms with Crippen molar-refractivity contribution in [2.24, 2.45) is 5.92 Å². The van der Waals surface area contributed by atoms with Crippen molar-refractivity contribution in [3.05, 3.63) is 17.5 Å². The highest BCUT2D eigenvalue weighted by Crippen LogP contribution is 2.20. The molecule has 1 aliphatic heterocycles. The maximum Gasteiger partial charge on any atom is 0.252 e. The number of rotatable bonds is 8. The summed E-state index contributed by atoms with van der Waals surface area (Å²) >= 11 is 1.22. The van der Waals surface area contributed by atoms with Crippen LogP contribution in [0.25, 0.3) is 0 Å². The summed E-state index contributed by atoms with van der Waals surface area (Å²) in [5.41, 5.74) is 0. The predicted octanol–water partition coefficient (Wildman–Crippen LogP) is 1.95. The summed E-state index contributed by atoms with van der Waals surface area (Å²) in [6, 6.07) is 3.34. The van der Waals surface area contributed by atoms with E-state index in [4.69, 9.17) is 0 Å². The van der Waals surface area contributed by atoms with E-state index in [-0.39, 0.29) is 5.91 Å². The largest absolute Gasteiger partial charge is 0.340 e. The van der Waals surface area contributed by atoms with Gasteiger partial charge in [0.15, 0.2) is 0 Å². The fraction of sp³-hybridized carbons (Fsp3) is 0.706. The van der Waals surface area contributed by atoms with Gasteiger partial charge in [0, 0.05) is 52.7 Å². The summed E-state index contributed by atoms with van der Waals surface area (Å²) in [6.07, 6.45) is 0.945. The van der Waals surface area contributed by atoms with E-state index in [1.807, 2.05) is 4.90 Å². The average Bonchev–Trinajstić information content (AvgIpc) is 3.10. The van der Waals surface area contributed by atoms with E-state index >= 15 is 0 Å². The number of carbonyl (C=O) groups is 1. The first-order chi connectivity index (χ1) is 11.8. The third kappa shape index (κ3) is 5.77. The molecular weight excluding hydrogens is 358 g/mol. The molecule has 1 amide bonds. The van der Waals surface area contributed by atoms with E-state index in [0.29, 0.717) is 29.5 Å². The molecule has 8 heteroatoms. The first-order valence-corrected chi connectivity index (χ1v) is 11.1. The molecule has 2 rings (SSSR count). The van der Waals surface area contributed by atoms with Gasteiger partial charge in [-0.15, -0.1) is 11.3 Å². The Morgan fingerprint density at radius 2 is 1.96 bits per heavy atom. The zero-order valence-corrected chi connectivity index (χ0v) is 17.0. The molecule has 1 saturated heterocycles. The quantitative estimate of drug-likeness (QED) is 0.684. The van der Waals surface area contributed by atoms with Crippen molar-refractivity contribution >= 4 is 27.3 Å². The lowest BCUT2D eigenvalue weighted by molar-refractivity contribution is -0.133. The highest BCUT2D eigenvalue weighted by molar-refractivity contribution is 7.91. The van der Waals surface area contributed by atoms with Crippen molar-refractivity contribution in [1.82, 2.24) is 14.1 Å². The first kappa shape index (κ1) is 20.4. The molecule has 25 heavy (non-hydrogen) atoms. The van der Waals surface area contributed by atoms with Crippen LogP contribution in [0.4, 0.5) is 0 Å². The van der Waals surface area contributed by atoms with E-state index in [0.717, 1.165) is 32.7 Å². The van der Waals surface area contributed by atoms with E-state index in [2.05, 4.69) is 18.7 Å². The lowest BCUT2D eigenvalue weighted by atomic mass is 10.2. The Balaban J connectivity index is 1.72. The van der Waals surface area contributed by atoms with Crippen LogP contribution >= 0.6 is 11.3 Å². The molecule has 1 aromatic heterocycles. The zero-order valence-electron chi connectivity index (χ0n) is 15.3. The van der Waals surface area contributed by atoms with Crippen LogP contribution in [0.15, 0.2) is 21.7 Å². The minimum absolute atomic E-state index is 0.131. The molecule has 0 N–H and O–H groups in total. The monoisotopic (exact) mass is 387 g/mol. The van der Waals surface area contributed by atoms with Crippen molar-refractivity contribution in [2.45, 2.75) is 30.9 Å². The predicted molar refractivity (Wildman–Crippen MR) is 101 cm³/mol. The summed E-state index contributed by atoms with van der Waals surface area (Å²) < 4.78 is 26.4. The second kappa shape index (κ2) is 9.12. The smallest absolute Gasteiger partial charge is 0.252 e. The van der Waals surface area contributed by atoms with Crippen LogP contribution in [0, 0.1) is 5.92 Å². The van der Waals surface area contributed by atoms with Gasteiger partial charge in [-0.05, 0) is 23.8 Å². The zero-order chi connectivity index (χ0) is 18.4. The van der Waals surface area contributed by atoms with Gasteiger partial charge in [0.25, 0.3) is 10.0 Å². The van der Waals surface area contributed by atoms with Gasteiger partial charge in [0.2, 0.25) is 5.91 Å². The van der Waals surface area contributed by atoms with Crippen molar-refractivity contribution in [2.75, 3.05) is 46.3 Å². The Labute approximate surface area is 155 Å². The number of hydrogen-bond donors (Lipinski definition) is 0. The van der Waals surface area contributed by atoms with Crippen LogP contribution in [0.3, 0.4) is 0 Å². The van der Waals surface area contributed by atoms with Gasteiger partial charge >= 0.3 is 0 Å². The fourth-order valence-corrected chi connectivity index (χ4v) is 5.40. The summed E-state index contributed by atoms with van der Waals surface area (Å²) in [5, 5.41) is 1.75. The van der Waals surface area contributed by atoms with Gasteiger partial charge in [-0.3, -0.25) is 9.69 Å². The van der Waals surface area contributed by atoms with Crippen LogP contribution in [0.5, 0.6) is 0 Å². The maximum absolute atomic E-state index is 12.3. The summed E-state index contributed by atoms with van der Waals surface area (Å²) in [5.74, 6) is 0.772. The van der Waals surface area contributed by atoms with E-state index < -0.39 is 10.0 Å². The number of piperazine rings is 1. The minimum Gasteiger partial charge on any atom is -0.340 e. The third-order valence-electron chi connectivity index (χ3n) is 4.37. The first-order valence-electron chi connectivity index (χ1n) is 8.80. The Morgan fingerprint density at radius 1 is 1.28 bits per heavy atom. The molecule has 0 spiro atoms. The standard InChI is InChI=1S/C17H29N3O3S2/c1-15(2)14-19-9-11-20(12-10-19)16(21)6-4-8-18(3)25(22,23)17-7-5-13-24-17/h5,7,13,15H,4,6,8-12,14H2,1-3H3. The number of carbonyl (C=O) groups excluding carboxylic acids is 1. The molecule has 0 bridgehead atoms. The van der Waals surface area contributed by atoms with E-state index in [9.17, 15) is 13.2 Å². The summed E-state index contributed by atoms with van der Waals surface area (Å²) in [4.78, 5) is 16.6. The molecule has 0 atom stereocenters. The minimum atomic E-state index is -3.42. The van der Waals surface area contributed by atoms with Gasteiger partial charge in [-0.25, -0.2) is 12.7 Å². The number of hydrogen-bond acceptors (Lipinski definition) is 5. The second-order valence-electron chi connectivity index (χ2n) is 6.94. The molecule has 1 aromatic rings. The summed E-state index contributed by atoms with van der Waals surface area (Å²) in [7, 11) is -1.84. The Bertz CT molecular complexity index is 636. The van der Waals surface area contributed by atoms with E-state index in [1.165, 1.54) is 15.6 Å². The second-order valence-corrected chi connectivity index (χ2v) is 10.2. The van der Waals surface area contributed by atoms with Crippen molar-refractivity contribution in [3.63, 3.8) is 0 Å². The molecule has 2 heterocycles. The fourth-order valence-electron chi connectivity index (χ4n) is 2.99. The molecule has 1 fully saturated rings. The van der Waals surface area contributed by atoms with Crippen molar-refractivity contribution in [3.8, 4) is 0 Å². The Hall–Kier alpha value is -0.960. The SMILES string of the molecule is CC(C)CN1CCN(C(=O)CCCN(C)S(=O)(=O)c2cccs2)CC1. The Morgan fingerprint density at radius 3 is 2.52 bits per heavy atom. The van der Waals surface area contributed by atoms with Crippen LogP contribution in [0.1, 0.15) is 26.7 Å². The van der Waals surface area contributed by atoms with Crippen LogP contribution in [0.2, 0.25) is 0 Å². The molecule has 0 saturated carbocycles. The molecule has 1 aliphatic rings. The van der Waals surface area contributed by atoms with Crippen LogP contribution in [-0.2, 0) is 14.8 Å². The van der Waals surface area contributed by atoms with Gasteiger partial charge < -0.3 is 4.90 Å². The van der Waals surface area contributed by atoms with Crippen LogP contribution < -0.4 is 0 Å². The van der Waals surface area contributed by atoms with Gasteiger partial charge in [0.1, 0.15) is 4.21 Å². The number of amides is 1. The van der Waals surface area contributed by atoms with Crippen molar-refractivity contribution < 1.29 is 13.2 Å². The highest BCUT2D eigenvalue weighted by Gasteiger charge is 2.23. The average molecular weight is 388 g/mol.